The van der Waals surface area contributed by atoms with Gasteiger partial charge < -0.3 is 9.47 Å². The first-order valence-corrected chi connectivity index (χ1v) is 11.8. The number of nitrogens with one attached hydrogen (secondary N) is 1. The number of anilines is 1. The van der Waals surface area contributed by atoms with E-state index >= 15 is 0 Å². The topological polar surface area (TPSA) is 79.2 Å². The average molecular weight is 479 g/mol. The number of fused-ring (bicyclic) bond motifs is 1. The molecule has 1 aliphatic rings. The van der Waals surface area contributed by atoms with Gasteiger partial charge in [0.05, 0.1) is 0 Å². The van der Waals surface area contributed by atoms with E-state index in [4.69, 9.17) is 16.6 Å². The molecule has 0 unspecified atom stereocenters. The summed E-state index contributed by atoms with van der Waals surface area (Å²) in [5.74, 6) is 0.732. The van der Waals surface area contributed by atoms with Crippen molar-refractivity contribution in [3.05, 3.63) is 91.6 Å². The van der Waals surface area contributed by atoms with Gasteiger partial charge in [-0.1, -0.05) is 60.1 Å². The number of hydrogen-bond acceptors (Lipinski definition) is 5. The fourth-order valence-corrected chi connectivity index (χ4v) is 4.73. The molecule has 34 heavy (non-hydrogen) atoms. The summed E-state index contributed by atoms with van der Waals surface area (Å²) in [6, 6.07) is 18.1. The number of aryl methyl sites for hydroxylation is 3. The van der Waals surface area contributed by atoms with E-state index in [1.165, 1.54) is 10.1 Å². The van der Waals surface area contributed by atoms with Gasteiger partial charge in [-0.2, -0.15) is 4.98 Å². The fourth-order valence-electron chi connectivity index (χ4n) is 4.54. The third-order valence-corrected chi connectivity index (χ3v) is 6.83. The van der Waals surface area contributed by atoms with Gasteiger partial charge in [0.2, 0.25) is 5.95 Å². The Morgan fingerprint density at radius 3 is 2.41 bits per heavy atom. The maximum Gasteiger partial charge on any atom is 0.329 e. The molecular formula is C25H27ClN6O2. The van der Waals surface area contributed by atoms with E-state index < -0.39 is 11.2 Å². The van der Waals surface area contributed by atoms with Crippen LogP contribution in [0.1, 0.15) is 11.1 Å². The average Bonchev–Trinajstić information content (AvgIpc) is 3.24. The predicted octanol–water partition coefficient (Wildman–Crippen LogP) is 2.64. The second-order valence-corrected chi connectivity index (χ2v) is 9.05. The summed E-state index contributed by atoms with van der Waals surface area (Å²) >= 11 is 6.35. The summed E-state index contributed by atoms with van der Waals surface area (Å²) in [4.78, 5) is 36.8. The van der Waals surface area contributed by atoms with E-state index in [0.29, 0.717) is 17.7 Å². The summed E-state index contributed by atoms with van der Waals surface area (Å²) in [6.45, 7) is 4.63. The van der Waals surface area contributed by atoms with Crippen LogP contribution in [0.25, 0.3) is 11.2 Å². The van der Waals surface area contributed by atoms with Gasteiger partial charge >= 0.3 is 5.69 Å². The molecule has 1 fully saturated rings. The number of nitrogens with zero attached hydrogens (tertiary/aromatic N) is 5. The fraction of sp³-hybridized carbons (Fsp3) is 0.320. The largest absolute Gasteiger partial charge is 0.340 e. The molecule has 0 saturated carbocycles. The van der Waals surface area contributed by atoms with Crippen LogP contribution in [0.3, 0.4) is 0 Å². The van der Waals surface area contributed by atoms with Crippen molar-refractivity contribution in [1.29, 1.82) is 0 Å². The summed E-state index contributed by atoms with van der Waals surface area (Å²) in [7, 11) is 1.64. The van der Waals surface area contributed by atoms with Crippen LogP contribution in [0.15, 0.2) is 64.2 Å². The van der Waals surface area contributed by atoms with Crippen molar-refractivity contribution in [2.24, 2.45) is 7.05 Å². The summed E-state index contributed by atoms with van der Waals surface area (Å²) < 4.78 is 3.37. The Labute approximate surface area is 202 Å². The minimum atomic E-state index is -0.457. The lowest BCUT2D eigenvalue weighted by atomic mass is 10.1. The zero-order valence-corrected chi connectivity index (χ0v) is 19.8. The van der Waals surface area contributed by atoms with E-state index in [1.807, 2.05) is 41.0 Å². The first kappa shape index (κ1) is 22.4. The number of imidazole rings is 1. The molecule has 9 heteroatoms. The highest BCUT2D eigenvalue weighted by Crippen LogP contribution is 2.23. The van der Waals surface area contributed by atoms with Crippen molar-refractivity contribution in [2.45, 2.75) is 19.5 Å². The lowest BCUT2D eigenvalue weighted by Gasteiger charge is -2.35. The molecule has 0 radical (unpaired) electrons. The molecule has 0 aliphatic carbocycles. The highest BCUT2D eigenvalue weighted by atomic mass is 35.5. The van der Waals surface area contributed by atoms with E-state index in [-0.39, 0.29) is 0 Å². The number of benzene rings is 2. The van der Waals surface area contributed by atoms with Gasteiger partial charge in [0, 0.05) is 51.3 Å². The highest BCUT2D eigenvalue weighted by Gasteiger charge is 2.25. The molecule has 1 N–H and O–H groups in total. The van der Waals surface area contributed by atoms with Crippen LogP contribution in [0.2, 0.25) is 5.02 Å². The molecule has 2 aromatic heterocycles. The Balaban J connectivity index is 1.42. The molecule has 4 aromatic rings. The molecule has 1 saturated heterocycles. The molecule has 0 atom stereocenters. The minimum absolute atomic E-state index is 0.401. The zero-order valence-electron chi connectivity index (χ0n) is 19.1. The molecule has 8 nitrogen and oxygen atoms in total. The summed E-state index contributed by atoms with van der Waals surface area (Å²) in [6.07, 6.45) is 0.758. The van der Waals surface area contributed by atoms with Crippen molar-refractivity contribution < 1.29 is 0 Å². The van der Waals surface area contributed by atoms with Crippen molar-refractivity contribution >= 4 is 28.7 Å². The Kier molecular flexibility index (Phi) is 6.26. The van der Waals surface area contributed by atoms with Gasteiger partial charge in [0.25, 0.3) is 5.56 Å². The molecule has 0 spiro atoms. The number of rotatable bonds is 6. The van der Waals surface area contributed by atoms with Gasteiger partial charge in [-0.3, -0.25) is 19.2 Å². The van der Waals surface area contributed by atoms with Crippen LogP contribution >= 0.6 is 11.6 Å². The quantitative estimate of drug-likeness (QED) is 0.461. The maximum atomic E-state index is 12.8. The number of aromatic amines is 1. The second kappa shape index (κ2) is 9.48. The normalized spacial score (nSPS) is 14.7. The van der Waals surface area contributed by atoms with Crippen molar-refractivity contribution in [3.63, 3.8) is 0 Å². The number of hydrogen-bond donors (Lipinski definition) is 1. The van der Waals surface area contributed by atoms with E-state index in [1.54, 1.807) is 7.05 Å². The second-order valence-electron chi connectivity index (χ2n) is 8.64. The van der Waals surface area contributed by atoms with Crippen LogP contribution in [-0.2, 0) is 26.6 Å². The molecule has 1 aliphatic heterocycles. The lowest BCUT2D eigenvalue weighted by molar-refractivity contribution is 0.248. The van der Waals surface area contributed by atoms with Crippen LogP contribution < -0.4 is 16.1 Å². The third kappa shape index (κ3) is 4.38. The van der Waals surface area contributed by atoms with Crippen molar-refractivity contribution in [3.8, 4) is 0 Å². The van der Waals surface area contributed by atoms with Crippen molar-refractivity contribution in [1.82, 2.24) is 24.0 Å². The van der Waals surface area contributed by atoms with Gasteiger partial charge in [0.15, 0.2) is 11.2 Å². The van der Waals surface area contributed by atoms with E-state index in [9.17, 15) is 9.59 Å². The first-order valence-electron chi connectivity index (χ1n) is 11.5. The summed E-state index contributed by atoms with van der Waals surface area (Å²) in [5, 5.41) is 0.785. The van der Waals surface area contributed by atoms with Crippen LogP contribution in [-0.4, -0.2) is 50.2 Å². The number of H-pyrrole nitrogens is 1. The van der Waals surface area contributed by atoms with Gasteiger partial charge in [-0.25, -0.2) is 4.79 Å². The smallest absolute Gasteiger partial charge is 0.329 e. The molecule has 2 aromatic carbocycles. The highest BCUT2D eigenvalue weighted by molar-refractivity contribution is 6.31. The molecule has 176 valence electrons. The molecule has 0 bridgehead atoms. The van der Waals surface area contributed by atoms with Crippen LogP contribution in [0.5, 0.6) is 0 Å². The number of aromatic nitrogens is 4. The van der Waals surface area contributed by atoms with Gasteiger partial charge in [-0.05, 0) is 23.6 Å². The van der Waals surface area contributed by atoms with E-state index in [0.717, 1.165) is 55.7 Å². The van der Waals surface area contributed by atoms with E-state index in [2.05, 4.69) is 33.0 Å². The number of halogens is 1. The molecule has 5 rings (SSSR count). The SMILES string of the molecule is Cn1c(=O)[nH]c(=O)c2c1nc(N1CCN(Cc3ccccc3Cl)CC1)n2CCc1ccccc1. The predicted molar refractivity (Wildman–Crippen MR) is 135 cm³/mol. The van der Waals surface area contributed by atoms with Crippen molar-refractivity contribution in [2.75, 3.05) is 31.1 Å². The third-order valence-electron chi connectivity index (χ3n) is 6.46. The Hall–Kier alpha value is -3.36. The minimum Gasteiger partial charge on any atom is -0.340 e. The van der Waals surface area contributed by atoms with Gasteiger partial charge in [0.1, 0.15) is 0 Å². The zero-order chi connectivity index (χ0) is 23.7. The standard InChI is InChI=1S/C25H27ClN6O2/c1-29-22-21(23(33)28-25(29)34)32(12-11-18-7-3-2-4-8-18)24(27-22)31-15-13-30(14-16-31)17-19-9-5-6-10-20(19)26/h2-10H,11-17H2,1H3,(H,28,33,34). The molecule has 3 heterocycles. The molecular weight excluding hydrogens is 452 g/mol. The monoisotopic (exact) mass is 478 g/mol. The summed E-state index contributed by atoms with van der Waals surface area (Å²) in [5.41, 5.74) is 2.29. The Morgan fingerprint density at radius 1 is 0.971 bits per heavy atom. The lowest BCUT2D eigenvalue weighted by Crippen LogP contribution is -2.47. The Bertz CT molecular complexity index is 1420. The van der Waals surface area contributed by atoms with Crippen LogP contribution in [0.4, 0.5) is 5.95 Å². The Morgan fingerprint density at radius 2 is 1.68 bits per heavy atom. The van der Waals surface area contributed by atoms with Gasteiger partial charge in [-0.15, -0.1) is 0 Å². The first-order chi connectivity index (χ1) is 16.5. The number of piperazine rings is 1. The van der Waals surface area contributed by atoms with Crippen LogP contribution in [0, 0.1) is 0 Å². The maximum absolute atomic E-state index is 12.8. The molecule has 0 amide bonds.